The first-order valence-corrected chi connectivity index (χ1v) is 10.1. The Bertz CT molecular complexity index is 910. The second-order valence-corrected chi connectivity index (χ2v) is 8.10. The third kappa shape index (κ3) is 4.43. The molecule has 0 bridgehead atoms. The summed E-state index contributed by atoms with van der Waals surface area (Å²) < 4.78 is 5.60. The second-order valence-electron chi connectivity index (χ2n) is 8.10. The Morgan fingerprint density at radius 2 is 2.13 bits per heavy atom. The summed E-state index contributed by atoms with van der Waals surface area (Å²) in [4.78, 5) is 31.3. The molecule has 2 aliphatic rings. The number of Topliss-reactive ketones (excluding diaryl/α,β-unsaturated/α-hetero) is 2. The van der Waals surface area contributed by atoms with Gasteiger partial charge in [0.25, 0.3) is 0 Å². The molecule has 1 atom stereocenters. The molecule has 30 heavy (non-hydrogen) atoms. The van der Waals surface area contributed by atoms with Gasteiger partial charge < -0.3 is 19.8 Å². The van der Waals surface area contributed by atoms with Crippen LogP contribution in [0, 0.1) is 11.3 Å². The smallest absolute Gasteiger partial charge is 0.181 e. The van der Waals surface area contributed by atoms with Crippen LogP contribution >= 0.6 is 0 Å². The van der Waals surface area contributed by atoms with Crippen molar-refractivity contribution in [1.82, 2.24) is 9.88 Å². The van der Waals surface area contributed by atoms with Gasteiger partial charge in [0.1, 0.15) is 17.3 Å². The lowest BCUT2D eigenvalue weighted by Crippen LogP contribution is -2.43. The lowest BCUT2D eigenvalue weighted by atomic mass is 9.86. The van der Waals surface area contributed by atoms with Gasteiger partial charge in [0, 0.05) is 44.8 Å². The maximum atomic E-state index is 12.6. The zero-order valence-corrected chi connectivity index (χ0v) is 17.3. The largest absolute Gasteiger partial charge is 0.394 e. The van der Waals surface area contributed by atoms with Crippen molar-refractivity contribution in [3.63, 3.8) is 0 Å². The van der Waals surface area contributed by atoms with E-state index in [1.165, 1.54) is 6.20 Å². The molecule has 0 radical (unpaired) electrons. The lowest BCUT2D eigenvalue weighted by Gasteiger charge is -2.41. The number of allylic oxidation sites excluding steroid dienone is 1. The fraction of sp³-hybridized carbons (Fsp3) is 0.545. The molecule has 1 unspecified atom stereocenters. The maximum Gasteiger partial charge on any atom is 0.181 e. The number of fused-ring (bicyclic) bond motifs is 1. The fourth-order valence-electron chi connectivity index (χ4n) is 3.89. The highest BCUT2D eigenvalue weighted by Gasteiger charge is 2.35. The summed E-state index contributed by atoms with van der Waals surface area (Å²) in [5.41, 5.74) is 2.05. The average Bonchev–Trinajstić information content (AvgIpc) is 2.76. The van der Waals surface area contributed by atoms with E-state index in [-0.39, 0.29) is 47.7 Å². The van der Waals surface area contributed by atoms with E-state index in [1.54, 1.807) is 13.2 Å². The monoisotopic (exact) mass is 413 g/mol. The van der Waals surface area contributed by atoms with Crippen molar-refractivity contribution in [3.8, 4) is 6.07 Å². The number of nitrogens with zero attached hydrogens (tertiary/aromatic N) is 3. The molecule has 8 nitrogen and oxygen atoms in total. The number of hydrogen-bond donors (Lipinski definition) is 2. The highest BCUT2D eigenvalue weighted by molar-refractivity contribution is 6.10. The maximum absolute atomic E-state index is 12.6. The molecule has 1 aromatic rings. The molecule has 2 N–H and O–H groups in total. The van der Waals surface area contributed by atoms with E-state index in [4.69, 9.17) is 9.84 Å². The number of ketones is 2. The summed E-state index contributed by atoms with van der Waals surface area (Å²) >= 11 is 0. The zero-order chi connectivity index (χ0) is 21.9. The van der Waals surface area contributed by atoms with E-state index in [0.717, 1.165) is 12.8 Å². The molecule has 1 aliphatic heterocycles. The summed E-state index contributed by atoms with van der Waals surface area (Å²) in [6.07, 6.45) is 2.35. The molecule has 1 aromatic heterocycles. The summed E-state index contributed by atoms with van der Waals surface area (Å²) in [5.74, 6) is -0.502. The average molecular weight is 413 g/mol. The Labute approximate surface area is 175 Å². The molecular weight excluding hydrogens is 386 g/mol. The Balaban J connectivity index is 1.94. The van der Waals surface area contributed by atoms with Gasteiger partial charge in [-0.15, -0.1) is 0 Å². The van der Waals surface area contributed by atoms with Crippen LogP contribution < -0.4 is 0 Å². The molecular formula is C22H27N3O5. The molecule has 0 saturated carbocycles. The van der Waals surface area contributed by atoms with Crippen LogP contribution in [0.15, 0.2) is 17.8 Å². The highest BCUT2D eigenvalue weighted by atomic mass is 16.5. The number of methoxy groups -OCH3 is 1. The number of aliphatic hydroxyl groups is 2. The Hall–Kier alpha value is -2.60. The van der Waals surface area contributed by atoms with Crippen LogP contribution in [0.3, 0.4) is 0 Å². The van der Waals surface area contributed by atoms with Crippen LogP contribution in [0.1, 0.15) is 54.2 Å². The molecule has 1 saturated heterocycles. The second kappa shape index (κ2) is 9.04. The lowest BCUT2D eigenvalue weighted by molar-refractivity contribution is -0.114. The Morgan fingerprint density at radius 1 is 1.43 bits per heavy atom. The van der Waals surface area contributed by atoms with Crippen molar-refractivity contribution in [2.75, 3.05) is 26.8 Å². The van der Waals surface area contributed by atoms with E-state index < -0.39 is 12.7 Å². The number of piperidine rings is 1. The summed E-state index contributed by atoms with van der Waals surface area (Å²) in [7, 11) is 1.69. The van der Waals surface area contributed by atoms with Crippen molar-refractivity contribution in [2.24, 2.45) is 0 Å². The molecule has 1 aliphatic carbocycles. The SMILES string of the molecule is COC1(C)CCN(C2=C(C#N)C(=O)Cc3cnc(C(=O)CCC(O)CO)cc32)CC1. The zero-order valence-electron chi connectivity index (χ0n) is 17.3. The fourth-order valence-corrected chi connectivity index (χ4v) is 3.89. The number of carbonyl (C=O) groups is 2. The quantitative estimate of drug-likeness (QED) is 0.640. The third-order valence-corrected chi connectivity index (χ3v) is 6.05. The number of rotatable bonds is 7. The van der Waals surface area contributed by atoms with Gasteiger partial charge in [0.2, 0.25) is 0 Å². The van der Waals surface area contributed by atoms with Crippen molar-refractivity contribution in [3.05, 3.63) is 34.7 Å². The topological polar surface area (TPSA) is 124 Å². The molecule has 0 amide bonds. The number of pyridine rings is 1. The molecule has 160 valence electrons. The van der Waals surface area contributed by atoms with Gasteiger partial charge in [-0.3, -0.25) is 14.6 Å². The van der Waals surface area contributed by atoms with Crippen LogP contribution in [-0.2, 0) is 16.0 Å². The van der Waals surface area contributed by atoms with Crippen molar-refractivity contribution in [2.45, 2.75) is 50.7 Å². The van der Waals surface area contributed by atoms with Gasteiger partial charge in [0.15, 0.2) is 11.6 Å². The van der Waals surface area contributed by atoms with Crippen molar-refractivity contribution >= 4 is 17.3 Å². The molecule has 3 rings (SSSR count). The summed E-state index contributed by atoms with van der Waals surface area (Å²) in [6.45, 7) is 2.91. The number of hydrogen-bond acceptors (Lipinski definition) is 8. The van der Waals surface area contributed by atoms with E-state index in [1.807, 2.05) is 11.8 Å². The van der Waals surface area contributed by atoms with Gasteiger partial charge in [-0.05, 0) is 37.8 Å². The molecule has 2 heterocycles. The van der Waals surface area contributed by atoms with E-state index >= 15 is 0 Å². The first-order chi connectivity index (χ1) is 14.3. The number of aliphatic hydroxyl groups excluding tert-OH is 2. The standard InChI is InChI=1S/C22H27N3O5/c1-22(30-2)5-7-25(8-6-22)21-16-10-18(19(28)4-3-15(27)13-26)24-12-14(16)9-20(29)17(21)11-23/h10,12,15,26-27H,3-9,13H2,1-2H3. The minimum Gasteiger partial charge on any atom is -0.394 e. The molecule has 1 fully saturated rings. The minimum atomic E-state index is -0.951. The van der Waals surface area contributed by atoms with E-state index in [0.29, 0.717) is 29.9 Å². The van der Waals surface area contributed by atoms with Gasteiger partial charge >= 0.3 is 0 Å². The van der Waals surface area contributed by atoms with Gasteiger partial charge in [0.05, 0.1) is 24.0 Å². The molecule has 8 heteroatoms. The van der Waals surface area contributed by atoms with Crippen LogP contribution in [0.2, 0.25) is 0 Å². The normalized spacial score (nSPS) is 19.3. The predicted molar refractivity (Wildman–Crippen MR) is 108 cm³/mol. The number of carbonyl (C=O) groups excluding carboxylic acids is 2. The number of ether oxygens (including phenoxy) is 1. The summed E-state index contributed by atoms with van der Waals surface area (Å²) in [5, 5.41) is 28.1. The van der Waals surface area contributed by atoms with Gasteiger partial charge in [-0.2, -0.15) is 5.26 Å². The van der Waals surface area contributed by atoms with E-state index in [2.05, 4.69) is 11.1 Å². The van der Waals surface area contributed by atoms with Crippen molar-refractivity contribution < 1.29 is 24.5 Å². The van der Waals surface area contributed by atoms with Crippen LogP contribution in [0.4, 0.5) is 0 Å². The Morgan fingerprint density at radius 3 is 2.73 bits per heavy atom. The van der Waals surface area contributed by atoms with Gasteiger partial charge in [-0.25, -0.2) is 0 Å². The number of aromatic nitrogens is 1. The number of likely N-dealkylation sites (tertiary alicyclic amines) is 1. The highest BCUT2D eigenvalue weighted by Crippen LogP contribution is 2.36. The summed E-state index contributed by atoms with van der Waals surface area (Å²) in [6, 6.07) is 3.71. The van der Waals surface area contributed by atoms with E-state index in [9.17, 15) is 20.0 Å². The third-order valence-electron chi connectivity index (χ3n) is 6.05. The van der Waals surface area contributed by atoms with Crippen LogP contribution in [0.25, 0.3) is 5.70 Å². The number of nitriles is 1. The Kier molecular flexibility index (Phi) is 6.66. The van der Waals surface area contributed by atoms with Crippen LogP contribution in [-0.4, -0.2) is 70.2 Å². The van der Waals surface area contributed by atoms with Gasteiger partial charge in [-0.1, -0.05) is 0 Å². The van der Waals surface area contributed by atoms with Crippen molar-refractivity contribution in [1.29, 1.82) is 5.26 Å². The first-order valence-electron chi connectivity index (χ1n) is 10.1. The molecule has 0 spiro atoms. The minimum absolute atomic E-state index is 0.0481. The predicted octanol–water partition coefficient (Wildman–Crippen LogP) is 1.26. The molecule has 0 aromatic carbocycles. The van der Waals surface area contributed by atoms with Crippen LogP contribution in [0.5, 0.6) is 0 Å². The first kappa shape index (κ1) is 22.1.